The summed E-state index contributed by atoms with van der Waals surface area (Å²) < 4.78 is 29.8. The van der Waals surface area contributed by atoms with Gasteiger partial charge in [0, 0.05) is 37.7 Å². The van der Waals surface area contributed by atoms with Gasteiger partial charge in [-0.1, -0.05) is 62.3 Å². The third kappa shape index (κ3) is 12.9. The lowest BCUT2D eigenvalue weighted by Crippen LogP contribution is -2.31. The van der Waals surface area contributed by atoms with Gasteiger partial charge in [-0.25, -0.2) is 0 Å². The van der Waals surface area contributed by atoms with Gasteiger partial charge in [0.2, 0.25) is 0 Å². The Labute approximate surface area is 252 Å². The highest BCUT2D eigenvalue weighted by Crippen LogP contribution is 2.45. The first-order valence-corrected chi connectivity index (χ1v) is 17.0. The standard InChI is InChI=1S/C33H54O7S/c1-4-5-8-15-26(39-32-18-11-13-22-37-32)20-21-27-28(16-9-6-7-10-17-31(35)36-3)30(41-25(2)34)24-29(27)40-33-19-12-14-23-38-33/h6,9,20-21,26-30,32-33H,4-5,7-8,10-19,22-24H2,1-3H3/t26-,27+,28+,29+,30-,32?,33?/m0/s1. The van der Waals surface area contributed by atoms with Crippen LogP contribution in [0.25, 0.3) is 0 Å². The van der Waals surface area contributed by atoms with Gasteiger partial charge >= 0.3 is 5.97 Å². The zero-order chi connectivity index (χ0) is 29.3. The molecule has 2 unspecified atom stereocenters. The Bertz CT molecular complexity index is 803. The molecule has 8 heteroatoms. The molecule has 0 N–H and O–H groups in total. The quantitative estimate of drug-likeness (QED) is 0.0972. The fraction of sp³-hybridized carbons (Fsp3) is 0.818. The number of ether oxygens (including phenoxy) is 5. The summed E-state index contributed by atoms with van der Waals surface area (Å²) in [6, 6.07) is 0. The first-order chi connectivity index (χ1) is 20.0. The lowest BCUT2D eigenvalue weighted by atomic mass is 9.90. The molecule has 1 saturated carbocycles. The lowest BCUT2D eigenvalue weighted by Gasteiger charge is -2.30. The average molecular weight is 595 g/mol. The molecule has 2 heterocycles. The Hall–Kier alpha value is -1.19. The van der Waals surface area contributed by atoms with Gasteiger partial charge in [-0.3, -0.25) is 9.59 Å². The number of carbonyl (C=O) groups excluding carboxylic acids is 2. The SMILES string of the molecule is CCCCC[C@@H](C=C[C@@H]1[C@@H](CC=CCCCC(=O)OC)[C@@H](SC(C)=O)C[C@H]1OC1CCCCO1)OC1CCCCO1. The summed E-state index contributed by atoms with van der Waals surface area (Å²) in [5.74, 6) is 0.242. The number of carbonyl (C=O) groups is 2. The van der Waals surface area contributed by atoms with E-state index in [2.05, 4.69) is 31.2 Å². The van der Waals surface area contributed by atoms with Gasteiger partial charge in [-0.2, -0.15) is 0 Å². The first-order valence-electron chi connectivity index (χ1n) is 16.1. The Kier molecular flexibility index (Phi) is 16.6. The molecular formula is C33H54O7S. The van der Waals surface area contributed by atoms with E-state index in [1.54, 1.807) is 6.92 Å². The number of hydrogen-bond donors (Lipinski definition) is 0. The normalized spacial score (nSPS) is 29.7. The summed E-state index contributed by atoms with van der Waals surface area (Å²) >= 11 is 1.45. The van der Waals surface area contributed by atoms with Crippen molar-refractivity contribution in [1.29, 1.82) is 0 Å². The third-order valence-corrected chi connectivity index (χ3v) is 9.48. The number of thioether (sulfide) groups is 1. The van der Waals surface area contributed by atoms with Crippen molar-refractivity contribution in [2.75, 3.05) is 20.3 Å². The molecule has 3 fully saturated rings. The van der Waals surface area contributed by atoms with Crippen LogP contribution in [-0.4, -0.2) is 61.4 Å². The van der Waals surface area contributed by atoms with Gasteiger partial charge in [0.25, 0.3) is 0 Å². The van der Waals surface area contributed by atoms with Gasteiger partial charge in [-0.05, 0) is 76.5 Å². The van der Waals surface area contributed by atoms with Gasteiger partial charge < -0.3 is 23.7 Å². The number of methoxy groups -OCH3 is 1. The van der Waals surface area contributed by atoms with Crippen molar-refractivity contribution in [3.8, 4) is 0 Å². The molecule has 0 aromatic heterocycles. The van der Waals surface area contributed by atoms with E-state index < -0.39 is 0 Å². The highest BCUT2D eigenvalue weighted by molar-refractivity contribution is 8.14. The van der Waals surface area contributed by atoms with Crippen molar-refractivity contribution in [3.05, 3.63) is 24.3 Å². The van der Waals surface area contributed by atoms with Crippen LogP contribution in [0.4, 0.5) is 0 Å². The fourth-order valence-corrected chi connectivity index (χ4v) is 7.26. The van der Waals surface area contributed by atoms with Crippen molar-refractivity contribution in [2.24, 2.45) is 11.8 Å². The second-order valence-electron chi connectivity index (χ2n) is 11.6. The van der Waals surface area contributed by atoms with E-state index in [1.165, 1.54) is 31.7 Å². The van der Waals surface area contributed by atoms with E-state index in [-0.39, 0.29) is 53.0 Å². The van der Waals surface area contributed by atoms with Crippen LogP contribution in [0, 0.1) is 11.8 Å². The van der Waals surface area contributed by atoms with Crippen LogP contribution < -0.4 is 0 Å². The first kappa shape index (κ1) is 34.3. The van der Waals surface area contributed by atoms with Crippen LogP contribution in [0.1, 0.15) is 110 Å². The van der Waals surface area contributed by atoms with E-state index in [0.717, 1.165) is 90.3 Å². The Morgan fingerprint density at radius 1 is 1.00 bits per heavy atom. The zero-order valence-electron chi connectivity index (χ0n) is 25.6. The molecule has 0 aromatic carbocycles. The molecule has 7 atom stereocenters. The Morgan fingerprint density at radius 3 is 2.41 bits per heavy atom. The molecule has 234 valence electrons. The van der Waals surface area contributed by atoms with E-state index in [4.69, 9.17) is 23.7 Å². The fourth-order valence-electron chi connectivity index (χ4n) is 6.08. The van der Waals surface area contributed by atoms with Crippen molar-refractivity contribution >= 4 is 22.8 Å². The minimum absolute atomic E-state index is 0.00487. The minimum atomic E-state index is -0.174. The monoisotopic (exact) mass is 594 g/mol. The highest BCUT2D eigenvalue weighted by atomic mass is 32.2. The number of hydrogen-bond acceptors (Lipinski definition) is 8. The van der Waals surface area contributed by atoms with Crippen molar-refractivity contribution in [3.63, 3.8) is 0 Å². The van der Waals surface area contributed by atoms with Gasteiger partial charge in [0.05, 0.1) is 19.3 Å². The van der Waals surface area contributed by atoms with Gasteiger partial charge in [0.15, 0.2) is 17.7 Å². The average Bonchev–Trinajstić information content (AvgIpc) is 3.28. The van der Waals surface area contributed by atoms with Crippen molar-refractivity contribution in [1.82, 2.24) is 0 Å². The van der Waals surface area contributed by atoms with Crippen LogP contribution >= 0.6 is 11.8 Å². The Balaban J connectivity index is 1.75. The molecule has 2 saturated heterocycles. The molecule has 0 radical (unpaired) electrons. The third-order valence-electron chi connectivity index (χ3n) is 8.31. The van der Waals surface area contributed by atoms with Crippen LogP contribution in [0.2, 0.25) is 0 Å². The van der Waals surface area contributed by atoms with E-state index >= 15 is 0 Å². The summed E-state index contributed by atoms with van der Waals surface area (Å²) in [6.45, 7) is 5.41. The zero-order valence-corrected chi connectivity index (χ0v) is 26.5. The van der Waals surface area contributed by atoms with Crippen LogP contribution in [-0.2, 0) is 33.3 Å². The van der Waals surface area contributed by atoms with Crippen molar-refractivity contribution < 1.29 is 33.3 Å². The number of rotatable bonds is 17. The molecule has 0 spiro atoms. The molecule has 3 rings (SSSR count). The topological polar surface area (TPSA) is 80.3 Å². The van der Waals surface area contributed by atoms with Gasteiger partial charge in [-0.15, -0.1) is 0 Å². The van der Waals surface area contributed by atoms with Crippen LogP contribution in [0.5, 0.6) is 0 Å². The number of unbranched alkanes of at least 4 members (excludes halogenated alkanes) is 3. The van der Waals surface area contributed by atoms with E-state index in [9.17, 15) is 9.59 Å². The summed E-state index contributed by atoms with van der Waals surface area (Å²) in [4.78, 5) is 23.7. The predicted octanol–water partition coefficient (Wildman–Crippen LogP) is 7.52. The van der Waals surface area contributed by atoms with E-state index in [0.29, 0.717) is 6.42 Å². The molecule has 0 amide bonds. The second-order valence-corrected chi connectivity index (χ2v) is 13.0. The van der Waals surface area contributed by atoms with Gasteiger partial charge in [0.1, 0.15) is 0 Å². The smallest absolute Gasteiger partial charge is 0.305 e. The number of esters is 1. The molecule has 3 aliphatic rings. The lowest BCUT2D eigenvalue weighted by molar-refractivity contribution is -0.192. The molecule has 0 aromatic rings. The maximum atomic E-state index is 12.3. The largest absolute Gasteiger partial charge is 0.469 e. The van der Waals surface area contributed by atoms with Crippen molar-refractivity contribution in [2.45, 2.75) is 140 Å². The molecular weight excluding hydrogens is 540 g/mol. The number of allylic oxidation sites excluding steroid dienone is 2. The molecule has 2 aliphatic heterocycles. The maximum Gasteiger partial charge on any atom is 0.305 e. The van der Waals surface area contributed by atoms with E-state index in [1.807, 2.05) is 0 Å². The molecule has 1 aliphatic carbocycles. The predicted molar refractivity (Wildman–Crippen MR) is 163 cm³/mol. The second kappa shape index (κ2) is 19.9. The highest BCUT2D eigenvalue weighted by Gasteiger charge is 2.44. The Morgan fingerprint density at radius 2 is 1.76 bits per heavy atom. The summed E-state index contributed by atoms with van der Waals surface area (Å²) in [6.07, 6.45) is 23.2. The summed E-state index contributed by atoms with van der Waals surface area (Å²) in [7, 11) is 1.43. The molecule has 7 nitrogen and oxygen atoms in total. The maximum absolute atomic E-state index is 12.3. The summed E-state index contributed by atoms with van der Waals surface area (Å²) in [5.41, 5.74) is 0. The van der Waals surface area contributed by atoms with Crippen LogP contribution in [0.15, 0.2) is 24.3 Å². The molecule has 0 bridgehead atoms. The minimum Gasteiger partial charge on any atom is -0.469 e. The molecule has 41 heavy (non-hydrogen) atoms. The summed E-state index contributed by atoms with van der Waals surface area (Å²) in [5, 5.41) is 0.325. The van der Waals surface area contributed by atoms with Crippen LogP contribution in [0.3, 0.4) is 0 Å².